The van der Waals surface area contributed by atoms with Gasteiger partial charge in [0, 0.05) is 18.5 Å². The van der Waals surface area contributed by atoms with Gasteiger partial charge >= 0.3 is 5.97 Å². The summed E-state index contributed by atoms with van der Waals surface area (Å²) in [4.78, 5) is 14.2. The first-order valence-corrected chi connectivity index (χ1v) is 5.19. The van der Waals surface area contributed by atoms with Crippen molar-refractivity contribution in [3.05, 3.63) is 49.3 Å². The predicted octanol–water partition coefficient (Wildman–Crippen LogP) is 1.84. The lowest BCUT2D eigenvalue weighted by atomic mass is 10.3. The third-order valence-electron chi connectivity index (χ3n) is 1.92. The minimum atomic E-state index is -0.384. The molecular weight excluding hydrogens is 218 g/mol. The van der Waals surface area contributed by atoms with Crippen LogP contribution < -0.4 is 0 Å². The van der Waals surface area contributed by atoms with Crippen LogP contribution in [0.1, 0.15) is 5.56 Å². The number of epoxide rings is 1. The zero-order chi connectivity index (χ0) is 12.5. The molecule has 17 heavy (non-hydrogen) atoms. The Morgan fingerprint density at radius 1 is 1.53 bits per heavy atom. The lowest BCUT2D eigenvalue weighted by molar-refractivity contribution is -0.138. The van der Waals surface area contributed by atoms with Crippen LogP contribution in [0, 0.1) is 0 Å². The second-order valence-corrected chi connectivity index (χ2v) is 3.27. The van der Waals surface area contributed by atoms with Crippen molar-refractivity contribution >= 4 is 12.0 Å². The van der Waals surface area contributed by atoms with Gasteiger partial charge in [0.1, 0.15) is 12.7 Å². The van der Waals surface area contributed by atoms with Crippen molar-refractivity contribution in [3.63, 3.8) is 0 Å². The smallest absolute Gasteiger partial charge is 0.330 e. The average Bonchev–Trinajstić information content (AvgIpc) is 3.21. The Morgan fingerprint density at radius 2 is 2.18 bits per heavy atom. The molecule has 1 atom stereocenters. The van der Waals surface area contributed by atoms with E-state index in [9.17, 15) is 4.79 Å². The molecular formula is C13H15NO3. The number of rotatable bonds is 4. The maximum atomic E-state index is 10.3. The van der Waals surface area contributed by atoms with E-state index in [0.717, 1.165) is 11.6 Å². The third kappa shape index (κ3) is 6.27. The summed E-state index contributed by atoms with van der Waals surface area (Å²) in [6, 6.07) is 3.82. The fourth-order valence-electron chi connectivity index (χ4n) is 0.898. The van der Waals surface area contributed by atoms with Gasteiger partial charge in [0.05, 0.1) is 6.61 Å². The molecule has 0 bridgehead atoms. The molecule has 0 aliphatic carbocycles. The molecule has 1 aliphatic rings. The molecule has 2 rings (SSSR count). The van der Waals surface area contributed by atoms with Gasteiger partial charge in [-0.15, -0.1) is 0 Å². The van der Waals surface area contributed by atoms with Gasteiger partial charge in [-0.25, -0.2) is 4.79 Å². The fourth-order valence-corrected chi connectivity index (χ4v) is 0.898. The maximum Gasteiger partial charge on any atom is 0.330 e. The summed E-state index contributed by atoms with van der Waals surface area (Å²) in [5.74, 6) is -0.384. The molecule has 90 valence electrons. The van der Waals surface area contributed by atoms with Crippen LogP contribution in [0.3, 0.4) is 0 Å². The summed E-state index contributed by atoms with van der Waals surface area (Å²) in [7, 11) is 0. The van der Waals surface area contributed by atoms with Crippen LogP contribution in [0.25, 0.3) is 6.08 Å². The van der Waals surface area contributed by atoms with E-state index in [1.165, 1.54) is 0 Å². The van der Waals surface area contributed by atoms with Crippen molar-refractivity contribution in [1.82, 2.24) is 4.98 Å². The van der Waals surface area contributed by atoms with E-state index >= 15 is 0 Å². The first kappa shape index (κ1) is 13.1. The van der Waals surface area contributed by atoms with Crippen molar-refractivity contribution in [2.75, 3.05) is 13.2 Å². The van der Waals surface area contributed by atoms with Crippen molar-refractivity contribution in [1.29, 1.82) is 0 Å². The lowest BCUT2D eigenvalue weighted by Gasteiger charge is -1.94. The number of ether oxygens (including phenoxy) is 2. The molecule has 1 fully saturated rings. The summed E-state index contributed by atoms with van der Waals surface area (Å²) < 4.78 is 9.42. The Morgan fingerprint density at radius 3 is 2.59 bits per heavy atom. The Balaban J connectivity index is 0.000000171. The summed E-state index contributed by atoms with van der Waals surface area (Å²) in [5, 5.41) is 0. The molecule has 0 aromatic carbocycles. The molecule has 4 heteroatoms. The predicted molar refractivity (Wildman–Crippen MR) is 65.2 cm³/mol. The molecule has 1 aromatic heterocycles. The maximum absolute atomic E-state index is 10.3. The van der Waals surface area contributed by atoms with Gasteiger partial charge in [-0.3, -0.25) is 4.98 Å². The number of aromatic nitrogens is 1. The number of hydrogen-bond acceptors (Lipinski definition) is 4. The Labute approximate surface area is 101 Å². The minimum absolute atomic E-state index is 0.147. The van der Waals surface area contributed by atoms with Gasteiger partial charge in [0.25, 0.3) is 0 Å². The molecule has 1 aromatic rings. The zero-order valence-electron chi connectivity index (χ0n) is 9.54. The molecule has 0 amide bonds. The Bertz CT molecular complexity index is 372. The second-order valence-electron chi connectivity index (χ2n) is 3.27. The molecule has 0 N–H and O–H groups in total. The number of hydrogen-bond donors (Lipinski definition) is 0. The number of nitrogens with zero attached hydrogens (tertiary/aromatic N) is 1. The van der Waals surface area contributed by atoms with Crippen LogP contribution in [-0.4, -0.2) is 30.3 Å². The Hall–Kier alpha value is -1.94. The topological polar surface area (TPSA) is 51.7 Å². The van der Waals surface area contributed by atoms with Crippen LogP contribution in [0.15, 0.2) is 43.8 Å². The minimum Gasteiger partial charge on any atom is -0.460 e. The lowest BCUT2D eigenvalue weighted by Crippen LogP contribution is -2.06. The van der Waals surface area contributed by atoms with E-state index in [0.29, 0.717) is 13.2 Å². The fraction of sp³-hybridized carbons (Fsp3) is 0.231. The van der Waals surface area contributed by atoms with Crippen molar-refractivity contribution in [2.24, 2.45) is 0 Å². The van der Waals surface area contributed by atoms with Crippen LogP contribution in [0.2, 0.25) is 0 Å². The third-order valence-corrected chi connectivity index (χ3v) is 1.92. The summed E-state index contributed by atoms with van der Waals surface area (Å²) >= 11 is 0. The number of carbonyl (C=O) groups excluding carboxylic acids is 1. The van der Waals surface area contributed by atoms with Crippen LogP contribution in [0.4, 0.5) is 0 Å². The van der Waals surface area contributed by atoms with E-state index in [1.54, 1.807) is 18.5 Å². The average molecular weight is 233 g/mol. The van der Waals surface area contributed by atoms with E-state index in [-0.39, 0.29) is 12.1 Å². The van der Waals surface area contributed by atoms with Gasteiger partial charge in [0.2, 0.25) is 0 Å². The first-order chi connectivity index (χ1) is 8.26. The first-order valence-electron chi connectivity index (χ1n) is 5.19. The van der Waals surface area contributed by atoms with E-state index in [4.69, 9.17) is 4.74 Å². The molecule has 0 saturated carbocycles. The molecule has 0 radical (unpaired) electrons. The van der Waals surface area contributed by atoms with Crippen molar-refractivity contribution in [3.8, 4) is 0 Å². The normalized spacial score (nSPS) is 16.1. The Kier molecular flexibility index (Phi) is 5.68. The van der Waals surface area contributed by atoms with E-state index < -0.39 is 0 Å². The van der Waals surface area contributed by atoms with E-state index in [2.05, 4.69) is 22.9 Å². The molecule has 0 spiro atoms. The standard InChI is InChI=1S/C7H7N.C6H8O3/c1-2-7-3-5-8-6-4-7;1-2-6(7)9-4-5-3-8-5/h2-6H,1H2;2,5H,1,3-4H2. The van der Waals surface area contributed by atoms with Crippen LogP contribution in [-0.2, 0) is 14.3 Å². The molecule has 2 heterocycles. The summed E-state index contributed by atoms with van der Waals surface area (Å²) in [6.45, 7) is 7.93. The highest BCUT2D eigenvalue weighted by Gasteiger charge is 2.23. The SMILES string of the molecule is C=CC(=O)OCC1CO1.C=Cc1ccncc1. The largest absolute Gasteiger partial charge is 0.460 e. The van der Waals surface area contributed by atoms with Gasteiger partial charge < -0.3 is 9.47 Å². The monoisotopic (exact) mass is 233 g/mol. The van der Waals surface area contributed by atoms with Gasteiger partial charge in [-0.2, -0.15) is 0 Å². The highest BCUT2D eigenvalue weighted by atomic mass is 16.6. The number of pyridine rings is 1. The van der Waals surface area contributed by atoms with Crippen molar-refractivity contribution < 1.29 is 14.3 Å². The second kappa shape index (κ2) is 7.35. The highest BCUT2D eigenvalue weighted by molar-refractivity contribution is 5.81. The molecule has 1 saturated heterocycles. The van der Waals surface area contributed by atoms with Gasteiger partial charge in [-0.1, -0.05) is 19.2 Å². The molecule has 1 aliphatic heterocycles. The molecule has 4 nitrogen and oxygen atoms in total. The van der Waals surface area contributed by atoms with E-state index in [1.807, 2.05) is 12.1 Å². The van der Waals surface area contributed by atoms with Gasteiger partial charge in [-0.05, 0) is 17.7 Å². The zero-order valence-corrected chi connectivity index (χ0v) is 9.54. The summed E-state index contributed by atoms with van der Waals surface area (Å²) in [6.07, 6.45) is 6.58. The van der Waals surface area contributed by atoms with Crippen LogP contribution >= 0.6 is 0 Å². The number of esters is 1. The highest BCUT2D eigenvalue weighted by Crippen LogP contribution is 2.08. The summed E-state index contributed by atoms with van der Waals surface area (Å²) in [5.41, 5.74) is 1.11. The van der Waals surface area contributed by atoms with Crippen molar-refractivity contribution in [2.45, 2.75) is 6.10 Å². The number of carbonyl (C=O) groups is 1. The van der Waals surface area contributed by atoms with Crippen LogP contribution in [0.5, 0.6) is 0 Å². The van der Waals surface area contributed by atoms with Gasteiger partial charge in [0.15, 0.2) is 0 Å². The molecule has 1 unspecified atom stereocenters. The quantitative estimate of drug-likeness (QED) is 0.452.